The molecular formula is C43H42N4O7S2. The molecule has 13 heteroatoms. The summed E-state index contributed by atoms with van der Waals surface area (Å²) in [5.41, 5.74) is 2.10. The summed E-state index contributed by atoms with van der Waals surface area (Å²) in [5, 5.41) is 10.9. The van der Waals surface area contributed by atoms with Gasteiger partial charge >= 0.3 is 12.1 Å². The Hall–Kier alpha value is -5.92. The molecule has 1 aliphatic rings. The molecular weight excluding hydrogens is 749 g/mol. The molecule has 0 atom stereocenters. The van der Waals surface area contributed by atoms with Gasteiger partial charge in [-0.1, -0.05) is 66.7 Å². The minimum atomic E-state index is -0.650. The topological polar surface area (TPSA) is 143 Å². The monoisotopic (exact) mass is 790 g/mol. The zero-order valence-electron chi connectivity index (χ0n) is 31.5. The Balaban J connectivity index is 1.15. The number of carbonyl (C=O) groups excluding carboxylic acids is 5. The van der Waals surface area contributed by atoms with Crippen LogP contribution in [-0.4, -0.2) is 59.2 Å². The lowest BCUT2D eigenvalue weighted by molar-refractivity contribution is -0.114. The largest absolute Gasteiger partial charge is 0.462 e. The molecule has 0 saturated heterocycles. The van der Waals surface area contributed by atoms with Gasteiger partial charge in [-0.25, -0.2) is 9.59 Å². The van der Waals surface area contributed by atoms with E-state index in [2.05, 4.69) is 16.0 Å². The van der Waals surface area contributed by atoms with Gasteiger partial charge in [0.2, 0.25) is 5.91 Å². The molecule has 1 aliphatic heterocycles. The number of thioether (sulfide) groups is 1. The van der Waals surface area contributed by atoms with Crippen molar-refractivity contribution in [1.29, 1.82) is 0 Å². The van der Waals surface area contributed by atoms with E-state index in [0.29, 0.717) is 39.7 Å². The maximum Gasteiger partial charge on any atom is 0.410 e. The first kappa shape index (κ1) is 39.8. The summed E-state index contributed by atoms with van der Waals surface area (Å²) in [5.74, 6) is -1.83. The van der Waals surface area contributed by atoms with Gasteiger partial charge < -0.3 is 30.3 Å². The van der Waals surface area contributed by atoms with Crippen molar-refractivity contribution in [3.8, 4) is 0 Å². The maximum atomic E-state index is 13.8. The number of benzene rings is 4. The summed E-state index contributed by atoms with van der Waals surface area (Å²) < 4.78 is 10.9. The van der Waals surface area contributed by atoms with Crippen molar-refractivity contribution in [2.75, 3.05) is 29.5 Å². The Morgan fingerprint density at radius 3 is 2.39 bits per heavy atom. The standard InChI is InChI=1S/C43H42N4O7S2/c1-5-53-41(51)37-33-21-22-47(42(52)54-43(2,3)4)25-35(33)56-40(37)46-36(48)26-55-31-19-12-18-30(24-31)44-39(50)34(45-38(49)28-14-7-6-8-15-28)23-29-17-11-16-27-13-9-10-20-32(27)29/h6-20,23-24H,5,21-22,25-26H2,1-4H3,(H,44,50)(H,45,49)(H,46,48)/b34-23+. The fourth-order valence-corrected chi connectivity index (χ4v) is 8.06. The third-order valence-corrected chi connectivity index (χ3v) is 10.7. The molecule has 2 heterocycles. The summed E-state index contributed by atoms with van der Waals surface area (Å²) in [7, 11) is 0. The lowest BCUT2D eigenvalue weighted by Crippen LogP contribution is -2.39. The van der Waals surface area contributed by atoms with Crippen LogP contribution in [0.3, 0.4) is 0 Å². The van der Waals surface area contributed by atoms with Crippen LogP contribution in [0.25, 0.3) is 16.8 Å². The van der Waals surface area contributed by atoms with Crippen molar-refractivity contribution >= 4 is 80.4 Å². The van der Waals surface area contributed by atoms with Gasteiger partial charge in [-0.05, 0) is 92.4 Å². The van der Waals surface area contributed by atoms with E-state index in [1.54, 1.807) is 81.1 Å². The highest BCUT2D eigenvalue weighted by atomic mass is 32.2. The third-order valence-electron chi connectivity index (χ3n) is 8.55. The molecule has 56 heavy (non-hydrogen) atoms. The Kier molecular flexibility index (Phi) is 12.6. The average molecular weight is 791 g/mol. The van der Waals surface area contributed by atoms with Crippen molar-refractivity contribution in [2.45, 2.75) is 51.2 Å². The molecule has 0 bridgehead atoms. The van der Waals surface area contributed by atoms with Gasteiger partial charge in [-0.15, -0.1) is 23.1 Å². The predicted molar refractivity (Wildman–Crippen MR) is 221 cm³/mol. The number of carbonyl (C=O) groups is 5. The molecule has 0 spiro atoms. The summed E-state index contributed by atoms with van der Waals surface area (Å²) in [6, 6.07) is 29.2. The first-order valence-electron chi connectivity index (χ1n) is 18.1. The Morgan fingerprint density at radius 2 is 1.62 bits per heavy atom. The molecule has 288 valence electrons. The molecule has 5 aromatic rings. The van der Waals surface area contributed by atoms with E-state index in [0.717, 1.165) is 26.8 Å². The Labute approximate surface area is 333 Å². The minimum absolute atomic E-state index is 0.00559. The normalized spacial score (nSPS) is 12.7. The van der Waals surface area contributed by atoms with Gasteiger partial charge in [0.25, 0.3) is 11.8 Å². The lowest BCUT2D eigenvalue weighted by Gasteiger charge is -2.30. The van der Waals surface area contributed by atoms with Crippen molar-refractivity contribution in [2.24, 2.45) is 0 Å². The van der Waals surface area contributed by atoms with Crippen LogP contribution in [0, 0.1) is 0 Å². The summed E-state index contributed by atoms with van der Waals surface area (Å²) in [6.45, 7) is 7.91. The van der Waals surface area contributed by atoms with Gasteiger partial charge in [-0.2, -0.15) is 0 Å². The first-order valence-corrected chi connectivity index (χ1v) is 19.9. The van der Waals surface area contributed by atoms with Gasteiger partial charge in [0.15, 0.2) is 0 Å². The van der Waals surface area contributed by atoms with Gasteiger partial charge in [0, 0.05) is 27.6 Å². The fourth-order valence-electron chi connectivity index (χ4n) is 6.04. The smallest absolute Gasteiger partial charge is 0.410 e. The first-order chi connectivity index (χ1) is 26.9. The number of anilines is 2. The number of thiophene rings is 1. The van der Waals surface area contributed by atoms with Crippen molar-refractivity contribution in [3.05, 3.63) is 130 Å². The highest BCUT2D eigenvalue weighted by Crippen LogP contribution is 2.38. The molecule has 4 aromatic carbocycles. The molecule has 6 rings (SSSR count). The molecule has 1 aromatic heterocycles. The maximum absolute atomic E-state index is 13.8. The van der Waals surface area contributed by atoms with Gasteiger partial charge in [0.1, 0.15) is 16.3 Å². The quantitative estimate of drug-likeness (QED) is 0.0687. The van der Waals surface area contributed by atoms with Crippen molar-refractivity contribution < 1.29 is 33.4 Å². The van der Waals surface area contributed by atoms with Crippen molar-refractivity contribution in [1.82, 2.24) is 10.2 Å². The summed E-state index contributed by atoms with van der Waals surface area (Å²) in [6.07, 6.45) is 1.63. The molecule has 0 aliphatic carbocycles. The number of hydrogen-bond acceptors (Lipinski definition) is 9. The molecule has 3 N–H and O–H groups in total. The number of nitrogens with one attached hydrogen (secondary N) is 3. The Morgan fingerprint density at radius 1 is 0.893 bits per heavy atom. The number of ether oxygens (including phenoxy) is 2. The number of esters is 1. The minimum Gasteiger partial charge on any atom is -0.462 e. The van der Waals surface area contributed by atoms with E-state index in [1.165, 1.54) is 23.1 Å². The van der Waals surface area contributed by atoms with Crippen LogP contribution in [0.4, 0.5) is 15.5 Å². The van der Waals surface area contributed by atoms with Gasteiger partial charge in [0.05, 0.1) is 24.5 Å². The third kappa shape index (κ3) is 10.0. The second-order valence-electron chi connectivity index (χ2n) is 13.8. The van der Waals surface area contributed by atoms with Crippen LogP contribution >= 0.6 is 23.1 Å². The average Bonchev–Trinajstić information content (AvgIpc) is 3.54. The van der Waals surface area contributed by atoms with E-state index in [4.69, 9.17) is 9.47 Å². The lowest BCUT2D eigenvalue weighted by atomic mass is 10.0. The number of nitrogens with zero attached hydrogens (tertiary/aromatic N) is 1. The highest BCUT2D eigenvalue weighted by Gasteiger charge is 2.32. The number of hydrogen-bond donors (Lipinski definition) is 3. The van der Waals surface area contributed by atoms with E-state index >= 15 is 0 Å². The summed E-state index contributed by atoms with van der Waals surface area (Å²) in [4.78, 5) is 69.3. The number of amides is 4. The van der Waals surface area contributed by atoms with Crippen LogP contribution in [0.15, 0.2) is 108 Å². The van der Waals surface area contributed by atoms with Crippen LogP contribution in [0.2, 0.25) is 0 Å². The predicted octanol–water partition coefficient (Wildman–Crippen LogP) is 8.51. The zero-order valence-corrected chi connectivity index (χ0v) is 33.1. The molecule has 11 nitrogen and oxygen atoms in total. The summed E-state index contributed by atoms with van der Waals surface area (Å²) >= 11 is 2.50. The second kappa shape index (κ2) is 17.7. The number of fused-ring (bicyclic) bond motifs is 2. The Bertz CT molecular complexity index is 2310. The molecule has 0 fully saturated rings. The van der Waals surface area contributed by atoms with Crippen LogP contribution in [0.5, 0.6) is 0 Å². The van der Waals surface area contributed by atoms with Crippen LogP contribution < -0.4 is 16.0 Å². The fraction of sp³-hybridized carbons (Fsp3) is 0.233. The molecule has 4 amide bonds. The van der Waals surface area contributed by atoms with Crippen LogP contribution in [-0.2, 0) is 32.0 Å². The SMILES string of the molecule is CCOC(=O)c1c(NC(=O)CSc2cccc(NC(=O)/C(=C\c3cccc4ccccc34)NC(=O)c3ccccc3)c2)sc2c1CCN(C(=O)OC(C)(C)C)C2. The molecule has 0 radical (unpaired) electrons. The molecule has 0 saturated carbocycles. The van der Waals surface area contributed by atoms with E-state index in [9.17, 15) is 24.0 Å². The van der Waals surface area contributed by atoms with E-state index < -0.39 is 29.5 Å². The second-order valence-corrected chi connectivity index (χ2v) is 16.0. The van der Waals surface area contributed by atoms with E-state index in [-0.39, 0.29) is 30.5 Å². The highest BCUT2D eigenvalue weighted by molar-refractivity contribution is 8.00. The van der Waals surface area contributed by atoms with Crippen molar-refractivity contribution in [3.63, 3.8) is 0 Å². The van der Waals surface area contributed by atoms with Gasteiger partial charge in [-0.3, -0.25) is 14.4 Å². The molecule has 0 unspecified atom stereocenters. The van der Waals surface area contributed by atoms with Crippen LogP contribution in [0.1, 0.15) is 64.4 Å². The number of rotatable bonds is 11. The zero-order chi connectivity index (χ0) is 39.8. The van der Waals surface area contributed by atoms with E-state index in [1.807, 2.05) is 54.6 Å².